The number of rotatable bonds is 6. The molecule has 0 unspecified atom stereocenters. The van der Waals surface area contributed by atoms with Crippen LogP contribution in [0, 0.1) is 5.82 Å². The van der Waals surface area contributed by atoms with Crippen molar-refractivity contribution < 1.29 is 18.7 Å². The lowest BCUT2D eigenvalue weighted by Crippen LogP contribution is -2.28. The molecule has 2 aromatic carbocycles. The molecule has 0 radical (unpaired) electrons. The molecule has 2 rings (SSSR count). The summed E-state index contributed by atoms with van der Waals surface area (Å²) in [5.74, 6) is -1.13. The standard InChI is InChI=1S/C17H16BrFN2O3/c1-21(9-11-8-12(18)6-7-14(11)19)17(23)13-4-2-3-5-15(13)24-10-16(20)22/h2-8H,9-10H2,1H3,(H2,20,22). The molecule has 0 saturated heterocycles. The predicted octanol–water partition coefficient (Wildman–Crippen LogP) is 2.72. The molecule has 0 aliphatic rings. The largest absolute Gasteiger partial charge is 0.483 e. The molecule has 2 amide bonds. The molecule has 5 nitrogen and oxygen atoms in total. The van der Waals surface area contributed by atoms with E-state index in [0.717, 1.165) is 4.47 Å². The molecule has 0 aliphatic heterocycles. The number of halogens is 2. The summed E-state index contributed by atoms with van der Waals surface area (Å²) in [5, 5.41) is 0. The van der Waals surface area contributed by atoms with Crippen molar-refractivity contribution in [3.05, 3.63) is 63.9 Å². The Balaban J connectivity index is 2.19. The zero-order valence-corrected chi connectivity index (χ0v) is 14.5. The normalized spacial score (nSPS) is 10.3. The van der Waals surface area contributed by atoms with Crippen molar-refractivity contribution in [2.45, 2.75) is 6.54 Å². The van der Waals surface area contributed by atoms with Crippen molar-refractivity contribution in [3.63, 3.8) is 0 Å². The van der Waals surface area contributed by atoms with Crippen molar-refractivity contribution in [2.24, 2.45) is 5.73 Å². The molecule has 126 valence electrons. The number of hydrogen-bond acceptors (Lipinski definition) is 3. The maximum absolute atomic E-state index is 13.8. The number of nitrogens with zero attached hydrogens (tertiary/aromatic N) is 1. The van der Waals surface area contributed by atoms with Gasteiger partial charge in [-0.1, -0.05) is 28.1 Å². The van der Waals surface area contributed by atoms with Gasteiger partial charge in [0.1, 0.15) is 11.6 Å². The van der Waals surface area contributed by atoms with Crippen LogP contribution in [-0.2, 0) is 11.3 Å². The lowest BCUT2D eigenvalue weighted by molar-refractivity contribution is -0.119. The maximum atomic E-state index is 13.8. The quantitative estimate of drug-likeness (QED) is 0.818. The molecule has 0 fully saturated rings. The molecule has 24 heavy (non-hydrogen) atoms. The molecular weight excluding hydrogens is 379 g/mol. The summed E-state index contributed by atoms with van der Waals surface area (Å²) >= 11 is 3.28. The average molecular weight is 395 g/mol. The van der Waals surface area contributed by atoms with Crippen molar-refractivity contribution in [3.8, 4) is 5.75 Å². The summed E-state index contributed by atoms with van der Waals surface area (Å²) in [5.41, 5.74) is 5.71. The van der Waals surface area contributed by atoms with Gasteiger partial charge >= 0.3 is 0 Å². The molecule has 0 spiro atoms. The van der Waals surface area contributed by atoms with E-state index in [9.17, 15) is 14.0 Å². The van der Waals surface area contributed by atoms with Crippen LogP contribution in [0.4, 0.5) is 4.39 Å². The van der Waals surface area contributed by atoms with Gasteiger partial charge in [0.2, 0.25) is 0 Å². The van der Waals surface area contributed by atoms with Gasteiger partial charge in [-0.2, -0.15) is 0 Å². The molecule has 0 bridgehead atoms. The highest BCUT2D eigenvalue weighted by atomic mass is 79.9. The number of para-hydroxylation sites is 1. The molecule has 2 aromatic rings. The van der Waals surface area contributed by atoms with E-state index in [1.165, 1.54) is 11.0 Å². The second kappa shape index (κ2) is 7.92. The number of hydrogen-bond donors (Lipinski definition) is 1. The summed E-state index contributed by atoms with van der Waals surface area (Å²) in [6, 6.07) is 11.1. The first kappa shape index (κ1) is 17.9. The Kier molecular flexibility index (Phi) is 5.92. The van der Waals surface area contributed by atoms with Gasteiger partial charge in [0.25, 0.3) is 11.8 Å². The van der Waals surface area contributed by atoms with E-state index < -0.39 is 11.7 Å². The summed E-state index contributed by atoms with van der Waals surface area (Å²) in [4.78, 5) is 24.8. The van der Waals surface area contributed by atoms with Gasteiger partial charge in [0.15, 0.2) is 6.61 Å². The van der Waals surface area contributed by atoms with Crippen LogP contribution >= 0.6 is 15.9 Å². The third-order valence-electron chi connectivity index (χ3n) is 3.25. The maximum Gasteiger partial charge on any atom is 0.257 e. The highest BCUT2D eigenvalue weighted by Crippen LogP contribution is 2.22. The van der Waals surface area contributed by atoms with Gasteiger partial charge in [-0.15, -0.1) is 0 Å². The summed E-state index contributed by atoms with van der Waals surface area (Å²) in [6.07, 6.45) is 0. The predicted molar refractivity (Wildman–Crippen MR) is 91.0 cm³/mol. The monoisotopic (exact) mass is 394 g/mol. The number of nitrogens with two attached hydrogens (primary N) is 1. The van der Waals surface area contributed by atoms with Gasteiger partial charge in [0, 0.05) is 23.6 Å². The lowest BCUT2D eigenvalue weighted by atomic mass is 10.1. The molecule has 0 aliphatic carbocycles. The molecule has 0 aromatic heterocycles. The highest BCUT2D eigenvalue weighted by Gasteiger charge is 2.18. The van der Waals surface area contributed by atoms with Crippen LogP contribution < -0.4 is 10.5 Å². The fourth-order valence-corrected chi connectivity index (χ4v) is 2.52. The minimum Gasteiger partial charge on any atom is -0.483 e. The van der Waals surface area contributed by atoms with Crippen LogP contribution in [-0.4, -0.2) is 30.4 Å². The number of carbonyl (C=O) groups excluding carboxylic acids is 2. The van der Waals surface area contributed by atoms with Crippen LogP contribution in [0.5, 0.6) is 5.75 Å². The van der Waals surface area contributed by atoms with E-state index in [4.69, 9.17) is 10.5 Å². The molecule has 0 saturated carbocycles. The van der Waals surface area contributed by atoms with Crippen molar-refractivity contribution in [1.29, 1.82) is 0 Å². The second-order valence-electron chi connectivity index (χ2n) is 5.15. The Hall–Kier alpha value is -2.41. The number of amides is 2. The van der Waals surface area contributed by atoms with Crippen LogP contribution in [0.1, 0.15) is 15.9 Å². The Bertz CT molecular complexity index is 767. The van der Waals surface area contributed by atoms with E-state index in [-0.39, 0.29) is 30.4 Å². The third kappa shape index (κ3) is 4.55. The molecule has 0 heterocycles. The van der Waals surface area contributed by atoms with E-state index in [1.807, 2.05) is 0 Å². The van der Waals surface area contributed by atoms with Gasteiger partial charge < -0.3 is 15.4 Å². The van der Waals surface area contributed by atoms with E-state index in [2.05, 4.69) is 15.9 Å². The summed E-state index contributed by atoms with van der Waals surface area (Å²) < 4.78 is 19.8. The first-order valence-corrected chi connectivity index (χ1v) is 7.87. The van der Waals surface area contributed by atoms with Crippen LogP contribution in [0.2, 0.25) is 0 Å². The fraction of sp³-hybridized carbons (Fsp3) is 0.176. The Morgan fingerprint density at radius 3 is 2.67 bits per heavy atom. The fourth-order valence-electron chi connectivity index (χ4n) is 2.12. The summed E-state index contributed by atoms with van der Waals surface area (Å²) in [7, 11) is 1.56. The molecule has 7 heteroatoms. The Morgan fingerprint density at radius 1 is 1.25 bits per heavy atom. The number of ether oxygens (including phenoxy) is 1. The second-order valence-corrected chi connectivity index (χ2v) is 6.06. The Labute approximate surface area is 147 Å². The number of benzene rings is 2. The third-order valence-corrected chi connectivity index (χ3v) is 3.74. The van der Waals surface area contributed by atoms with Gasteiger partial charge in [-0.25, -0.2) is 4.39 Å². The zero-order chi connectivity index (χ0) is 17.7. The Morgan fingerprint density at radius 2 is 1.96 bits per heavy atom. The van der Waals surface area contributed by atoms with Crippen molar-refractivity contribution in [1.82, 2.24) is 4.90 Å². The van der Waals surface area contributed by atoms with Crippen LogP contribution in [0.15, 0.2) is 46.9 Å². The number of primary amides is 1. The first-order chi connectivity index (χ1) is 11.4. The minimum atomic E-state index is -0.637. The molecular formula is C17H16BrFN2O3. The van der Waals surface area contributed by atoms with Crippen LogP contribution in [0.25, 0.3) is 0 Å². The highest BCUT2D eigenvalue weighted by molar-refractivity contribution is 9.10. The lowest BCUT2D eigenvalue weighted by Gasteiger charge is -2.19. The van der Waals surface area contributed by atoms with Crippen molar-refractivity contribution in [2.75, 3.05) is 13.7 Å². The SMILES string of the molecule is CN(Cc1cc(Br)ccc1F)C(=O)c1ccccc1OCC(N)=O. The molecule has 0 atom stereocenters. The smallest absolute Gasteiger partial charge is 0.257 e. The minimum absolute atomic E-state index is 0.0915. The average Bonchev–Trinajstić information content (AvgIpc) is 2.55. The summed E-state index contributed by atoms with van der Waals surface area (Å²) in [6.45, 7) is -0.234. The first-order valence-electron chi connectivity index (χ1n) is 7.08. The molecule has 2 N–H and O–H groups in total. The zero-order valence-electron chi connectivity index (χ0n) is 13.0. The van der Waals surface area contributed by atoms with Gasteiger partial charge in [0.05, 0.1) is 5.56 Å². The number of carbonyl (C=O) groups is 2. The topological polar surface area (TPSA) is 72.6 Å². The van der Waals surface area contributed by atoms with Gasteiger partial charge in [-0.05, 0) is 30.3 Å². The van der Waals surface area contributed by atoms with Crippen LogP contribution in [0.3, 0.4) is 0 Å². The van der Waals surface area contributed by atoms with E-state index >= 15 is 0 Å². The van der Waals surface area contributed by atoms with E-state index in [0.29, 0.717) is 5.56 Å². The van der Waals surface area contributed by atoms with Crippen molar-refractivity contribution >= 4 is 27.7 Å². The van der Waals surface area contributed by atoms with Gasteiger partial charge in [-0.3, -0.25) is 9.59 Å². The van der Waals surface area contributed by atoms with E-state index in [1.54, 1.807) is 43.4 Å².